The number of piperazine rings is 1. The van der Waals surface area contributed by atoms with Crippen LogP contribution in [0.25, 0.3) is 0 Å². The largest absolute Gasteiger partial charge is 0.507 e. The van der Waals surface area contributed by atoms with Gasteiger partial charge in [-0.05, 0) is 31.9 Å². The van der Waals surface area contributed by atoms with Gasteiger partial charge in [0, 0.05) is 32.2 Å². The van der Waals surface area contributed by atoms with E-state index in [1.54, 1.807) is 23.1 Å². The zero-order chi connectivity index (χ0) is 16.4. The SMILES string of the molecule is C[C@@H]1CN(C(=O)C2CCCN2C(=O)c2ccccc2O)CCN1. The van der Waals surface area contributed by atoms with E-state index in [2.05, 4.69) is 12.2 Å². The fourth-order valence-electron chi connectivity index (χ4n) is 3.42. The first kappa shape index (κ1) is 15.8. The van der Waals surface area contributed by atoms with Gasteiger partial charge in [-0.1, -0.05) is 12.1 Å². The molecule has 2 heterocycles. The van der Waals surface area contributed by atoms with Crippen LogP contribution in [0.1, 0.15) is 30.1 Å². The lowest BCUT2D eigenvalue weighted by Crippen LogP contribution is -2.56. The average molecular weight is 317 g/mol. The van der Waals surface area contributed by atoms with Crippen LogP contribution in [0.3, 0.4) is 0 Å². The molecule has 2 N–H and O–H groups in total. The molecule has 0 aromatic heterocycles. The highest BCUT2D eigenvalue weighted by atomic mass is 16.3. The molecule has 6 nitrogen and oxygen atoms in total. The van der Waals surface area contributed by atoms with E-state index in [1.165, 1.54) is 6.07 Å². The number of phenolic OH excluding ortho intramolecular Hbond substituents is 1. The number of phenols is 1. The van der Waals surface area contributed by atoms with Gasteiger partial charge in [0.05, 0.1) is 5.56 Å². The van der Waals surface area contributed by atoms with Crippen LogP contribution in [0, 0.1) is 0 Å². The van der Waals surface area contributed by atoms with Crippen LogP contribution < -0.4 is 5.32 Å². The number of carbonyl (C=O) groups is 2. The van der Waals surface area contributed by atoms with E-state index >= 15 is 0 Å². The molecule has 0 saturated carbocycles. The molecule has 124 valence electrons. The number of nitrogens with one attached hydrogen (secondary N) is 1. The second kappa shape index (κ2) is 6.58. The molecule has 6 heteroatoms. The predicted molar refractivity (Wildman–Crippen MR) is 86.2 cm³/mol. The van der Waals surface area contributed by atoms with E-state index < -0.39 is 6.04 Å². The Balaban J connectivity index is 1.76. The van der Waals surface area contributed by atoms with E-state index in [1.807, 2.05) is 4.90 Å². The van der Waals surface area contributed by atoms with Gasteiger partial charge in [-0.3, -0.25) is 9.59 Å². The fourth-order valence-corrected chi connectivity index (χ4v) is 3.42. The van der Waals surface area contributed by atoms with Crippen molar-refractivity contribution in [2.24, 2.45) is 0 Å². The second-order valence-corrected chi connectivity index (χ2v) is 6.31. The molecule has 0 radical (unpaired) electrons. The lowest BCUT2D eigenvalue weighted by Gasteiger charge is -2.35. The van der Waals surface area contributed by atoms with E-state index in [4.69, 9.17) is 0 Å². The minimum atomic E-state index is -0.410. The van der Waals surface area contributed by atoms with Gasteiger partial charge in [0.1, 0.15) is 11.8 Å². The Morgan fingerprint density at radius 2 is 2.04 bits per heavy atom. The number of rotatable bonds is 2. The highest BCUT2D eigenvalue weighted by molar-refractivity contribution is 5.99. The second-order valence-electron chi connectivity index (χ2n) is 6.31. The third-order valence-corrected chi connectivity index (χ3v) is 4.61. The van der Waals surface area contributed by atoms with Gasteiger partial charge in [0.25, 0.3) is 5.91 Å². The molecule has 3 rings (SSSR count). The number of likely N-dealkylation sites (tertiary alicyclic amines) is 1. The third-order valence-electron chi connectivity index (χ3n) is 4.61. The van der Waals surface area contributed by atoms with E-state index in [9.17, 15) is 14.7 Å². The molecule has 2 aliphatic heterocycles. The average Bonchev–Trinajstić information content (AvgIpc) is 3.03. The third kappa shape index (κ3) is 3.17. The first-order valence-corrected chi connectivity index (χ1v) is 8.19. The number of aromatic hydroxyl groups is 1. The van der Waals surface area contributed by atoms with E-state index in [-0.39, 0.29) is 29.2 Å². The summed E-state index contributed by atoms with van der Waals surface area (Å²) in [6.45, 7) is 4.75. The number of amides is 2. The fraction of sp³-hybridized carbons (Fsp3) is 0.529. The first-order chi connectivity index (χ1) is 11.1. The van der Waals surface area contributed by atoms with Crippen molar-refractivity contribution >= 4 is 11.8 Å². The quantitative estimate of drug-likeness (QED) is 0.847. The molecule has 1 aromatic carbocycles. The van der Waals surface area contributed by atoms with Crippen LogP contribution in [0.15, 0.2) is 24.3 Å². The molecule has 0 bridgehead atoms. The van der Waals surface area contributed by atoms with Gasteiger partial charge < -0.3 is 20.2 Å². The Morgan fingerprint density at radius 1 is 1.26 bits per heavy atom. The summed E-state index contributed by atoms with van der Waals surface area (Å²) in [6, 6.07) is 6.37. The monoisotopic (exact) mass is 317 g/mol. The highest BCUT2D eigenvalue weighted by Gasteiger charge is 2.38. The van der Waals surface area contributed by atoms with E-state index in [0.717, 1.165) is 13.0 Å². The molecular formula is C17H23N3O3. The van der Waals surface area contributed by atoms with Gasteiger partial charge >= 0.3 is 0 Å². The summed E-state index contributed by atoms with van der Waals surface area (Å²) < 4.78 is 0. The lowest BCUT2D eigenvalue weighted by molar-refractivity contribution is -0.136. The van der Waals surface area contributed by atoms with Crippen molar-refractivity contribution < 1.29 is 14.7 Å². The number of para-hydroxylation sites is 1. The summed E-state index contributed by atoms with van der Waals surface area (Å²) in [7, 11) is 0. The number of carbonyl (C=O) groups excluding carboxylic acids is 2. The van der Waals surface area contributed by atoms with Crippen LogP contribution in [0.4, 0.5) is 0 Å². The summed E-state index contributed by atoms with van der Waals surface area (Å²) >= 11 is 0. The molecule has 2 aliphatic rings. The van der Waals surface area contributed by atoms with Crippen molar-refractivity contribution in [1.82, 2.24) is 15.1 Å². The Hall–Kier alpha value is -2.08. The predicted octanol–water partition coefficient (Wildman–Crippen LogP) is 0.817. The van der Waals surface area contributed by atoms with Crippen LogP contribution in [-0.4, -0.2) is 65.0 Å². The van der Waals surface area contributed by atoms with Gasteiger partial charge in [-0.25, -0.2) is 0 Å². The molecular weight excluding hydrogens is 294 g/mol. The normalized spacial score (nSPS) is 24.7. The van der Waals surface area contributed by atoms with Crippen LogP contribution in [0.5, 0.6) is 5.75 Å². The number of hydrogen-bond acceptors (Lipinski definition) is 4. The van der Waals surface area contributed by atoms with Crippen molar-refractivity contribution in [3.8, 4) is 5.75 Å². The molecule has 1 unspecified atom stereocenters. The van der Waals surface area contributed by atoms with Crippen LogP contribution >= 0.6 is 0 Å². The standard InChI is InChI=1S/C17H23N3O3/c1-12-11-19(10-8-18-12)17(23)14-6-4-9-20(14)16(22)13-5-2-3-7-15(13)21/h2-3,5,7,12,14,18,21H,4,6,8-11H2,1H3/t12-,14?/m1/s1. The van der Waals surface area contributed by atoms with Gasteiger partial charge in [-0.2, -0.15) is 0 Å². The zero-order valence-electron chi connectivity index (χ0n) is 13.4. The Morgan fingerprint density at radius 3 is 2.78 bits per heavy atom. The maximum atomic E-state index is 12.8. The maximum absolute atomic E-state index is 12.8. The van der Waals surface area contributed by atoms with Crippen molar-refractivity contribution in [3.63, 3.8) is 0 Å². The zero-order valence-corrected chi connectivity index (χ0v) is 13.4. The first-order valence-electron chi connectivity index (χ1n) is 8.19. The maximum Gasteiger partial charge on any atom is 0.258 e. The Labute approximate surface area is 136 Å². The summed E-state index contributed by atoms with van der Waals surface area (Å²) in [6.07, 6.45) is 1.51. The molecule has 0 spiro atoms. The van der Waals surface area contributed by atoms with Gasteiger partial charge in [0.15, 0.2) is 0 Å². The topological polar surface area (TPSA) is 72.9 Å². The van der Waals surface area contributed by atoms with Gasteiger partial charge in [0.2, 0.25) is 5.91 Å². The smallest absolute Gasteiger partial charge is 0.258 e. The molecule has 1 aromatic rings. The Kier molecular flexibility index (Phi) is 4.52. The molecule has 2 saturated heterocycles. The summed E-state index contributed by atoms with van der Waals surface area (Å²) in [5, 5.41) is 13.2. The number of nitrogens with zero attached hydrogens (tertiary/aromatic N) is 2. The van der Waals surface area contributed by atoms with Gasteiger partial charge in [-0.15, -0.1) is 0 Å². The lowest BCUT2D eigenvalue weighted by atomic mass is 10.1. The Bertz CT molecular complexity index is 605. The highest BCUT2D eigenvalue weighted by Crippen LogP contribution is 2.25. The molecule has 0 aliphatic carbocycles. The number of hydrogen-bond donors (Lipinski definition) is 2. The summed E-state index contributed by atoms with van der Waals surface area (Å²) in [5.41, 5.74) is 0.265. The molecule has 2 atom stereocenters. The van der Waals surface area contributed by atoms with Crippen molar-refractivity contribution in [3.05, 3.63) is 29.8 Å². The van der Waals surface area contributed by atoms with Crippen LogP contribution in [0.2, 0.25) is 0 Å². The van der Waals surface area contributed by atoms with Crippen molar-refractivity contribution in [2.45, 2.75) is 31.8 Å². The minimum absolute atomic E-state index is 0.0274. The molecule has 2 fully saturated rings. The minimum Gasteiger partial charge on any atom is -0.507 e. The van der Waals surface area contributed by atoms with Crippen molar-refractivity contribution in [1.29, 1.82) is 0 Å². The summed E-state index contributed by atoms with van der Waals surface area (Å²) in [4.78, 5) is 29.0. The summed E-state index contributed by atoms with van der Waals surface area (Å²) in [5.74, 6) is -0.270. The van der Waals surface area contributed by atoms with Crippen molar-refractivity contribution in [2.75, 3.05) is 26.2 Å². The molecule has 2 amide bonds. The van der Waals surface area contributed by atoms with E-state index in [0.29, 0.717) is 26.1 Å². The molecule has 23 heavy (non-hydrogen) atoms. The number of benzene rings is 1. The van der Waals surface area contributed by atoms with Crippen LogP contribution in [-0.2, 0) is 4.79 Å².